The summed E-state index contributed by atoms with van der Waals surface area (Å²) in [5, 5.41) is 49.1. The maximum Gasteiger partial charge on any atom is 0.227 e. The van der Waals surface area contributed by atoms with Gasteiger partial charge >= 0.3 is 0 Å². The van der Waals surface area contributed by atoms with E-state index in [2.05, 4.69) is 14.9 Å². The van der Waals surface area contributed by atoms with Crippen molar-refractivity contribution < 1.29 is 49.0 Å². The van der Waals surface area contributed by atoms with E-state index in [4.69, 9.17) is 26.2 Å². The zero-order chi connectivity index (χ0) is 35.6. The van der Waals surface area contributed by atoms with E-state index in [0.29, 0.717) is 35.7 Å². The van der Waals surface area contributed by atoms with Gasteiger partial charge < -0.3 is 44.8 Å². The van der Waals surface area contributed by atoms with Gasteiger partial charge in [0.05, 0.1) is 55.2 Å². The third-order valence-corrected chi connectivity index (χ3v) is 9.80. The van der Waals surface area contributed by atoms with E-state index in [0.717, 1.165) is 38.8 Å². The summed E-state index contributed by atoms with van der Waals surface area (Å²) in [7, 11) is 1.44. The molecule has 2 fully saturated rings. The van der Waals surface area contributed by atoms with Crippen LogP contribution in [0, 0.1) is 17.2 Å². The molecule has 1 unspecified atom stereocenters. The Labute approximate surface area is 290 Å². The molecule has 0 spiro atoms. The first-order valence-electron chi connectivity index (χ1n) is 16.7. The molecule has 2 aromatic rings. The minimum atomic E-state index is -1.79. The van der Waals surface area contributed by atoms with Crippen molar-refractivity contribution in [3.8, 4) is 5.75 Å². The van der Waals surface area contributed by atoms with Gasteiger partial charge in [0.2, 0.25) is 11.9 Å². The summed E-state index contributed by atoms with van der Waals surface area (Å²) in [6, 6.07) is 4.47. The highest BCUT2D eigenvalue weighted by atomic mass is 35.5. The molecule has 0 bridgehead atoms. The van der Waals surface area contributed by atoms with E-state index in [1.165, 1.54) is 24.1 Å². The summed E-state index contributed by atoms with van der Waals surface area (Å²) < 4.78 is 26.1. The van der Waals surface area contributed by atoms with Gasteiger partial charge in [-0.05, 0) is 56.1 Å². The summed E-state index contributed by atoms with van der Waals surface area (Å²) in [4.78, 5) is 38.7. The van der Waals surface area contributed by atoms with E-state index >= 15 is 4.39 Å². The number of carbonyl (C=O) groups excluding carboxylic acids is 2. The molecule has 272 valence electrons. The molecule has 2 aliphatic heterocycles. The van der Waals surface area contributed by atoms with E-state index in [-0.39, 0.29) is 56.2 Å². The van der Waals surface area contributed by atoms with Crippen LogP contribution in [0.15, 0.2) is 30.6 Å². The molecule has 15 heteroatoms. The predicted molar refractivity (Wildman–Crippen MR) is 178 cm³/mol. The zero-order valence-corrected chi connectivity index (χ0v) is 28.5. The van der Waals surface area contributed by atoms with Crippen molar-refractivity contribution in [1.82, 2.24) is 14.9 Å². The third-order valence-electron chi connectivity index (χ3n) is 9.61. The Morgan fingerprint density at radius 3 is 2.43 bits per heavy atom. The van der Waals surface area contributed by atoms with Gasteiger partial charge in [-0.1, -0.05) is 17.7 Å². The number of ketones is 1. The van der Waals surface area contributed by atoms with E-state index in [1.807, 2.05) is 0 Å². The highest BCUT2D eigenvalue weighted by Gasteiger charge is 2.46. The number of hydrogen-bond acceptors (Lipinski definition) is 12. The number of ether oxygens (including phenoxy) is 2. The number of likely N-dealkylation sites (tertiary alicyclic amines) is 1. The molecule has 0 aliphatic carbocycles. The summed E-state index contributed by atoms with van der Waals surface area (Å²) in [6.07, 6.45) is 0.0517. The molecular weight excluding hydrogens is 663 g/mol. The first-order valence-corrected chi connectivity index (χ1v) is 17.1. The van der Waals surface area contributed by atoms with Crippen LogP contribution >= 0.6 is 11.6 Å². The molecule has 0 radical (unpaired) electrons. The summed E-state index contributed by atoms with van der Waals surface area (Å²) in [6.45, 7) is 1.73. The SMILES string of the molecule is COCC1(C(=O)CC[C@H](O)[C@@H](O)[C@H](O)[C@H](O)CO)CCN(C(=O)Cc2ccc(OCCCC3CCN(c4ncc(Cl)cn4)CC3)cc2F)C1. The van der Waals surface area contributed by atoms with Crippen molar-refractivity contribution in [2.75, 3.05) is 58.0 Å². The molecule has 1 aromatic carbocycles. The first kappa shape index (κ1) is 38.8. The maximum absolute atomic E-state index is 15.0. The van der Waals surface area contributed by atoms with Gasteiger partial charge in [-0.15, -0.1) is 0 Å². The molecule has 1 aromatic heterocycles. The molecule has 5 atom stereocenters. The van der Waals surface area contributed by atoms with Crippen molar-refractivity contribution in [2.24, 2.45) is 11.3 Å². The number of aromatic nitrogens is 2. The Kier molecular flexibility index (Phi) is 14.5. The van der Waals surface area contributed by atoms with Gasteiger partial charge in [-0.2, -0.15) is 0 Å². The Bertz CT molecular complexity index is 1370. The largest absolute Gasteiger partial charge is 0.493 e. The Morgan fingerprint density at radius 2 is 1.78 bits per heavy atom. The number of hydrogen-bond donors (Lipinski definition) is 5. The van der Waals surface area contributed by atoms with Gasteiger partial charge in [-0.25, -0.2) is 14.4 Å². The lowest BCUT2D eigenvalue weighted by molar-refractivity contribution is -0.136. The number of benzene rings is 1. The van der Waals surface area contributed by atoms with Crippen LogP contribution in [0.1, 0.15) is 50.5 Å². The second-order valence-electron chi connectivity index (χ2n) is 13.1. The minimum absolute atomic E-state index is 0.0259. The van der Waals surface area contributed by atoms with Crippen LogP contribution in [0.4, 0.5) is 10.3 Å². The average molecular weight is 711 g/mol. The number of aliphatic hydroxyl groups excluding tert-OH is 5. The fraction of sp³-hybridized carbons (Fsp3) is 0.647. The molecule has 13 nitrogen and oxygen atoms in total. The molecule has 4 rings (SSSR count). The van der Waals surface area contributed by atoms with Gasteiger partial charge in [-0.3, -0.25) is 9.59 Å². The van der Waals surface area contributed by atoms with Crippen molar-refractivity contribution in [3.63, 3.8) is 0 Å². The van der Waals surface area contributed by atoms with Crippen molar-refractivity contribution in [2.45, 2.75) is 75.8 Å². The minimum Gasteiger partial charge on any atom is -0.493 e. The van der Waals surface area contributed by atoms with Gasteiger partial charge in [0.15, 0.2) is 0 Å². The lowest BCUT2D eigenvalue weighted by Gasteiger charge is -2.31. The van der Waals surface area contributed by atoms with E-state index < -0.39 is 42.3 Å². The summed E-state index contributed by atoms with van der Waals surface area (Å²) >= 11 is 5.88. The lowest BCUT2D eigenvalue weighted by atomic mass is 9.80. The topological polar surface area (TPSA) is 186 Å². The van der Waals surface area contributed by atoms with Crippen LogP contribution in [0.25, 0.3) is 0 Å². The second-order valence-corrected chi connectivity index (χ2v) is 13.5. The highest BCUT2D eigenvalue weighted by Crippen LogP contribution is 2.35. The zero-order valence-electron chi connectivity index (χ0n) is 27.8. The van der Waals surface area contributed by atoms with Crippen LogP contribution < -0.4 is 9.64 Å². The second kappa shape index (κ2) is 18.3. The maximum atomic E-state index is 15.0. The molecule has 2 saturated heterocycles. The lowest BCUT2D eigenvalue weighted by Crippen LogP contribution is -2.46. The summed E-state index contributed by atoms with van der Waals surface area (Å²) in [5.41, 5.74) is -0.832. The number of carbonyl (C=O) groups is 2. The number of nitrogens with zero attached hydrogens (tertiary/aromatic N) is 4. The van der Waals surface area contributed by atoms with Gasteiger partial charge in [0.1, 0.15) is 35.7 Å². The van der Waals surface area contributed by atoms with Crippen molar-refractivity contribution in [3.05, 3.63) is 47.0 Å². The fourth-order valence-corrected chi connectivity index (χ4v) is 6.65. The highest BCUT2D eigenvalue weighted by molar-refractivity contribution is 6.30. The van der Waals surface area contributed by atoms with Gasteiger partial charge in [0.25, 0.3) is 0 Å². The smallest absolute Gasteiger partial charge is 0.227 e. The van der Waals surface area contributed by atoms with Crippen LogP contribution in [0.5, 0.6) is 5.75 Å². The van der Waals surface area contributed by atoms with E-state index in [9.17, 15) is 30.0 Å². The molecule has 2 aliphatic rings. The predicted octanol–water partition coefficient (Wildman–Crippen LogP) is 1.54. The fourth-order valence-electron chi connectivity index (χ4n) is 6.55. The standard InChI is InChI=1S/C34H48ClFN4O9/c1-48-21-34(29(44)7-6-27(42)31(46)32(47)28(43)19-41)10-13-40(20-34)30(45)15-23-4-5-25(16-26(23)36)49-14-2-3-22-8-11-39(12-9-22)33-37-17-24(35)18-38-33/h4-5,16-18,22,27-28,31-32,41-43,46-47H,2-3,6-15,19-21H2,1H3/t27-,28+,31+,32+,34?/m0/s1. The Morgan fingerprint density at radius 1 is 1.08 bits per heavy atom. The first-order chi connectivity index (χ1) is 23.5. The number of methoxy groups -OCH3 is 1. The Hall–Kier alpha value is -2.98. The number of piperidine rings is 1. The number of rotatable bonds is 18. The van der Waals surface area contributed by atoms with Crippen LogP contribution in [0.3, 0.4) is 0 Å². The number of amides is 1. The summed E-state index contributed by atoms with van der Waals surface area (Å²) in [5.74, 6) is 0.451. The molecule has 0 saturated carbocycles. The van der Waals surface area contributed by atoms with E-state index in [1.54, 1.807) is 18.5 Å². The molecule has 49 heavy (non-hydrogen) atoms. The number of aliphatic hydroxyl groups is 5. The van der Waals surface area contributed by atoms with Crippen LogP contribution in [0.2, 0.25) is 5.02 Å². The molecule has 1 amide bonds. The monoisotopic (exact) mass is 710 g/mol. The molecule has 3 heterocycles. The van der Waals surface area contributed by atoms with Crippen molar-refractivity contribution in [1.29, 1.82) is 0 Å². The Balaban J connectivity index is 1.20. The molecule has 5 N–H and O–H groups in total. The number of halogens is 2. The molecular formula is C34H48ClFN4O9. The normalized spacial score (nSPS) is 21.0. The number of anilines is 1. The third kappa shape index (κ3) is 10.5. The van der Waals surface area contributed by atoms with Gasteiger partial charge in [0, 0.05) is 45.8 Å². The van der Waals surface area contributed by atoms with Crippen molar-refractivity contribution >= 4 is 29.2 Å². The average Bonchev–Trinajstić information content (AvgIpc) is 3.55. The van der Waals surface area contributed by atoms with Crippen LogP contribution in [-0.2, 0) is 20.7 Å². The van der Waals surface area contributed by atoms with Crippen LogP contribution in [-0.4, -0.2) is 130 Å². The quantitative estimate of drug-likeness (QED) is 0.141. The number of Topliss-reactive ketones (excluding diaryl/α,β-unsaturated/α-hetero) is 1.